The molecule has 1 aliphatic carbocycles. The Morgan fingerprint density at radius 3 is 2.42 bits per heavy atom. The number of carbonyl (C=O) groups excluding carboxylic acids is 1. The van der Waals surface area contributed by atoms with Crippen LogP contribution >= 0.6 is 0 Å². The summed E-state index contributed by atoms with van der Waals surface area (Å²) in [6.45, 7) is 1.64. The Balaban J connectivity index is 2.78. The monoisotopic (exact) mass is 292 g/mol. The Kier molecular flexibility index (Phi) is 5.12. The second-order valence-electron chi connectivity index (χ2n) is 4.48. The Morgan fingerprint density at radius 2 is 1.95 bits per heavy atom. The molecular weight excluding hydrogens is 272 g/mol. The minimum atomic E-state index is -4.10. The van der Waals surface area contributed by atoms with Crippen LogP contribution in [0.3, 0.4) is 0 Å². The lowest BCUT2D eigenvalue weighted by Gasteiger charge is -2.36. The number of hydrogen-bond acceptors (Lipinski definition) is 5. The van der Waals surface area contributed by atoms with Gasteiger partial charge in [0.2, 0.25) is 0 Å². The standard InChI is InChI=1S/C10H20N4O4S/c1-2-18-9(15)13-19(16,17)14-10(8(11)12)6-4-3-5-7-10/h14H,2-7H2,1H3,(H3,11,12)(H,13,15). The van der Waals surface area contributed by atoms with Crippen LogP contribution in [0.15, 0.2) is 0 Å². The van der Waals surface area contributed by atoms with E-state index >= 15 is 0 Å². The molecule has 0 aromatic rings. The molecule has 0 aromatic heterocycles. The van der Waals surface area contributed by atoms with Crippen LogP contribution in [0.25, 0.3) is 0 Å². The van der Waals surface area contributed by atoms with E-state index in [1.54, 1.807) is 11.6 Å². The fraction of sp³-hybridized carbons (Fsp3) is 0.800. The molecule has 0 aromatic carbocycles. The van der Waals surface area contributed by atoms with Crippen LogP contribution in [0.1, 0.15) is 39.0 Å². The zero-order valence-electron chi connectivity index (χ0n) is 10.9. The van der Waals surface area contributed by atoms with Gasteiger partial charge in [-0.25, -0.2) is 9.52 Å². The predicted octanol–water partition coefficient (Wildman–Crippen LogP) is 0.206. The van der Waals surface area contributed by atoms with Gasteiger partial charge in [-0.15, -0.1) is 0 Å². The zero-order chi connectivity index (χ0) is 14.5. The molecule has 0 heterocycles. The second-order valence-corrected chi connectivity index (χ2v) is 5.90. The van der Waals surface area contributed by atoms with Crippen LogP contribution in [-0.2, 0) is 14.9 Å². The van der Waals surface area contributed by atoms with E-state index in [1.165, 1.54) is 0 Å². The maximum absolute atomic E-state index is 11.8. The van der Waals surface area contributed by atoms with Crippen molar-refractivity contribution in [2.24, 2.45) is 5.73 Å². The van der Waals surface area contributed by atoms with Crippen molar-refractivity contribution in [2.75, 3.05) is 6.61 Å². The molecule has 1 amide bonds. The molecule has 0 radical (unpaired) electrons. The van der Waals surface area contributed by atoms with Crippen molar-refractivity contribution in [3.63, 3.8) is 0 Å². The molecule has 1 aliphatic rings. The van der Waals surface area contributed by atoms with E-state index in [1.807, 2.05) is 0 Å². The van der Waals surface area contributed by atoms with Crippen LogP contribution in [-0.4, -0.2) is 32.5 Å². The number of hydrogen-bond donors (Lipinski definition) is 4. The van der Waals surface area contributed by atoms with E-state index in [-0.39, 0.29) is 12.4 Å². The van der Waals surface area contributed by atoms with Crippen LogP contribution in [0.5, 0.6) is 0 Å². The molecule has 1 saturated carbocycles. The van der Waals surface area contributed by atoms with Gasteiger partial charge in [0.15, 0.2) is 0 Å². The summed E-state index contributed by atoms with van der Waals surface area (Å²) in [5, 5.41) is 7.59. The van der Waals surface area contributed by atoms with Gasteiger partial charge in [-0.3, -0.25) is 5.41 Å². The van der Waals surface area contributed by atoms with Crippen LogP contribution in [0.2, 0.25) is 0 Å². The van der Waals surface area contributed by atoms with Crippen molar-refractivity contribution < 1.29 is 17.9 Å². The molecule has 1 rings (SSSR count). The summed E-state index contributed by atoms with van der Waals surface area (Å²) < 4.78 is 32.2. The topological polar surface area (TPSA) is 134 Å². The maximum Gasteiger partial charge on any atom is 0.421 e. The number of nitrogens with one attached hydrogen (secondary N) is 3. The summed E-state index contributed by atoms with van der Waals surface area (Å²) in [4.78, 5) is 11.1. The summed E-state index contributed by atoms with van der Waals surface area (Å²) in [6, 6.07) is 0. The molecular formula is C10H20N4O4S. The molecule has 1 fully saturated rings. The number of amidine groups is 1. The van der Waals surface area contributed by atoms with Crippen molar-refractivity contribution in [1.82, 2.24) is 9.44 Å². The van der Waals surface area contributed by atoms with Crippen molar-refractivity contribution in [1.29, 1.82) is 5.41 Å². The molecule has 19 heavy (non-hydrogen) atoms. The Hall–Kier alpha value is -1.35. The minimum absolute atomic E-state index is 0.0687. The van der Waals surface area contributed by atoms with E-state index in [2.05, 4.69) is 9.46 Å². The van der Waals surface area contributed by atoms with Crippen molar-refractivity contribution >= 4 is 22.1 Å². The first-order valence-corrected chi connectivity index (χ1v) is 7.62. The molecule has 0 unspecified atom stereocenters. The highest BCUT2D eigenvalue weighted by Gasteiger charge is 2.39. The van der Waals surface area contributed by atoms with E-state index in [0.29, 0.717) is 12.8 Å². The van der Waals surface area contributed by atoms with E-state index in [0.717, 1.165) is 19.3 Å². The van der Waals surface area contributed by atoms with Crippen LogP contribution in [0, 0.1) is 5.41 Å². The van der Waals surface area contributed by atoms with E-state index in [9.17, 15) is 13.2 Å². The fourth-order valence-electron chi connectivity index (χ4n) is 2.13. The second kappa shape index (κ2) is 6.20. The highest BCUT2D eigenvalue weighted by molar-refractivity contribution is 7.88. The van der Waals surface area contributed by atoms with Crippen molar-refractivity contribution in [3.05, 3.63) is 0 Å². The van der Waals surface area contributed by atoms with Gasteiger partial charge in [0, 0.05) is 0 Å². The zero-order valence-corrected chi connectivity index (χ0v) is 11.7. The molecule has 0 atom stereocenters. The first-order valence-electron chi connectivity index (χ1n) is 6.14. The maximum atomic E-state index is 11.8. The van der Waals surface area contributed by atoms with Crippen molar-refractivity contribution in [2.45, 2.75) is 44.6 Å². The molecule has 9 heteroatoms. The molecule has 110 valence electrons. The number of amides is 1. The quantitative estimate of drug-likeness (QED) is 0.424. The predicted molar refractivity (Wildman–Crippen MR) is 69.9 cm³/mol. The molecule has 5 N–H and O–H groups in total. The third kappa shape index (κ3) is 4.35. The first-order chi connectivity index (χ1) is 8.81. The molecule has 0 aliphatic heterocycles. The minimum Gasteiger partial charge on any atom is -0.449 e. The molecule has 0 bridgehead atoms. The summed E-state index contributed by atoms with van der Waals surface area (Å²) >= 11 is 0. The van der Waals surface area contributed by atoms with Gasteiger partial charge in [-0.05, 0) is 19.8 Å². The summed E-state index contributed by atoms with van der Waals surface area (Å²) in [6.07, 6.45) is 2.38. The lowest BCUT2D eigenvalue weighted by molar-refractivity contribution is 0.158. The lowest BCUT2D eigenvalue weighted by atomic mass is 9.82. The SMILES string of the molecule is CCOC(=O)NS(=O)(=O)NC1(C(=N)N)CCCCC1. The Labute approximate surface area is 112 Å². The normalized spacial score (nSPS) is 18.6. The number of nitrogens with two attached hydrogens (primary N) is 1. The van der Waals surface area contributed by atoms with Gasteiger partial charge in [0.05, 0.1) is 12.1 Å². The van der Waals surface area contributed by atoms with Gasteiger partial charge < -0.3 is 10.5 Å². The fourth-order valence-corrected chi connectivity index (χ4v) is 3.29. The average Bonchev–Trinajstić information content (AvgIpc) is 2.28. The summed E-state index contributed by atoms with van der Waals surface area (Å²) in [7, 11) is -4.10. The van der Waals surface area contributed by atoms with Crippen LogP contribution in [0.4, 0.5) is 4.79 Å². The third-order valence-electron chi connectivity index (χ3n) is 3.05. The first kappa shape index (κ1) is 15.7. The number of rotatable bonds is 5. The highest BCUT2D eigenvalue weighted by atomic mass is 32.2. The van der Waals surface area contributed by atoms with E-state index in [4.69, 9.17) is 11.1 Å². The largest absolute Gasteiger partial charge is 0.449 e. The number of ether oxygens (including phenoxy) is 1. The van der Waals surface area contributed by atoms with Gasteiger partial charge in [0.1, 0.15) is 5.84 Å². The molecule has 0 spiro atoms. The van der Waals surface area contributed by atoms with Gasteiger partial charge in [0.25, 0.3) is 0 Å². The van der Waals surface area contributed by atoms with E-state index < -0.39 is 21.8 Å². The van der Waals surface area contributed by atoms with Gasteiger partial charge in [-0.1, -0.05) is 19.3 Å². The van der Waals surface area contributed by atoms with Crippen molar-refractivity contribution in [3.8, 4) is 0 Å². The molecule has 8 nitrogen and oxygen atoms in total. The van der Waals surface area contributed by atoms with Gasteiger partial charge in [-0.2, -0.15) is 13.1 Å². The summed E-state index contributed by atoms with van der Waals surface area (Å²) in [5.41, 5.74) is 4.41. The molecule has 0 saturated heterocycles. The van der Waals surface area contributed by atoms with Gasteiger partial charge >= 0.3 is 16.3 Å². The smallest absolute Gasteiger partial charge is 0.421 e. The third-order valence-corrected chi connectivity index (χ3v) is 4.14. The Morgan fingerprint density at radius 1 is 1.37 bits per heavy atom. The summed E-state index contributed by atoms with van der Waals surface area (Å²) in [5.74, 6) is -0.235. The average molecular weight is 292 g/mol. The Bertz CT molecular complexity index is 442. The highest BCUT2D eigenvalue weighted by Crippen LogP contribution is 2.28. The number of carbonyl (C=O) groups is 1. The lowest BCUT2D eigenvalue weighted by Crippen LogP contribution is -2.60. The van der Waals surface area contributed by atoms with Crippen LogP contribution < -0.4 is 15.2 Å².